The van der Waals surface area contributed by atoms with Gasteiger partial charge in [-0.2, -0.15) is 0 Å². The van der Waals surface area contributed by atoms with Gasteiger partial charge < -0.3 is 0 Å². The van der Waals surface area contributed by atoms with Crippen molar-refractivity contribution in [2.24, 2.45) is 5.92 Å². The number of carbonyl (C=O) groups excluding carboxylic acids is 1. The molecule has 0 bridgehead atoms. The van der Waals surface area contributed by atoms with Crippen LogP contribution >= 0.6 is 23.6 Å². The average Bonchev–Trinajstić information content (AvgIpc) is 3.18. The van der Waals surface area contributed by atoms with Crippen molar-refractivity contribution in [1.29, 1.82) is 0 Å². The van der Waals surface area contributed by atoms with Gasteiger partial charge in [-0.3, -0.25) is 14.6 Å². The molecule has 1 aliphatic carbocycles. The lowest BCUT2D eigenvalue weighted by molar-refractivity contribution is -0.116. The summed E-state index contributed by atoms with van der Waals surface area (Å²) in [5.74, 6) is 0.892. The van der Waals surface area contributed by atoms with Crippen LogP contribution in [0.15, 0.2) is 0 Å². The molecule has 1 amide bonds. The van der Waals surface area contributed by atoms with Crippen molar-refractivity contribution in [1.82, 2.24) is 14.7 Å². The number of piperidine rings is 1. The molecule has 7 heteroatoms. The van der Waals surface area contributed by atoms with Crippen LogP contribution in [-0.4, -0.2) is 39.7 Å². The number of nitrogens with zero attached hydrogens (tertiary/aromatic N) is 4. The molecule has 0 unspecified atom stereocenters. The van der Waals surface area contributed by atoms with Crippen LogP contribution in [0.3, 0.4) is 0 Å². The summed E-state index contributed by atoms with van der Waals surface area (Å²) in [4.78, 5) is 16.0. The fourth-order valence-corrected chi connectivity index (χ4v) is 3.95. The first kappa shape index (κ1) is 15.1. The highest BCUT2D eigenvalue weighted by Gasteiger charge is 2.34. The molecule has 2 fully saturated rings. The zero-order chi connectivity index (χ0) is 15.0. The molecule has 116 valence electrons. The van der Waals surface area contributed by atoms with E-state index in [1.165, 1.54) is 24.2 Å². The van der Waals surface area contributed by atoms with Crippen molar-refractivity contribution in [2.45, 2.75) is 52.2 Å². The summed E-state index contributed by atoms with van der Waals surface area (Å²) < 4.78 is 2.64. The van der Waals surface area contributed by atoms with E-state index in [-0.39, 0.29) is 5.91 Å². The van der Waals surface area contributed by atoms with E-state index < -0.39 is 0 Å². The first-order chi connectivity index (χ1) is 10.0. The van der Waals surface area contributed by atoms with E-state index in [9.17, 15) is 4.79 Å². The number of hydrogen-bond donors (Lipinski definition) is 0. The first-order valence-corrected chi connectivity index (χ1v) is 8.87. The van der Waals surface area contributed by atoms with Gasteiger partial charge in [-0.05, 0) is 43.8 Å². The summed E-state index contributed by atoms with van der Waals surface area (Å²) in [5.41, 5.74) is 0. The summed E-state index contributed by atoms with van der Waals surface area (Å²) in [5, 5.41) is 5.36. The molecule has 3 rings (SSSR count). The third-order valence-corrected chi connectivity index (χ3v) is 5.57. The molecule has 1 aromatic heterocycles. The van der Waals surface area contributed by atoms with Gasteiger partial charge in [-0.25, -0.2) is 4.68 Å². The Bertz CT molecular complexity index is 570. The molecule has 0 aromatic carbocycles. The van der Waals surface area contributed by atoms with E-state index in [1.54, 1.807) is 6.92 Å². The molecule has 0 spiro atoms. The lowest BCUT2D eigenvalue weighted by atomic mass is 10.00. The van der Waals surface area contributed by atoms with E-state index >= 15 is 0 Å². The van der Waals surface area contributed by atoms with E-state index in [2.05, 4.69) is 16.9 Å². The zero-order valence-corrected chi connectivity index (χ0v) is 14.3. The number of likely N-dealkylation sites (tertiary alicyclic amines) is 1. The molecule has 1 saturated heterocycles. The summed E-state index contributed by atoms with van der Waals surface area (Å²) in [6.45, 7) is 6.88. The molecule has 0 N–H and O–H groups in total. The molecule has 21 heavy (non-hydrogen) atoms. The van der Waals surface area contributed by atoms with Crippen LogP contribution in [0, 0.1) is 9.87 Å². The highest BCUT2D eigenvalue weighted by atomic mass is 32.1. The monoisotopic (exact) mass is 326 g/mol. The fraction of sp³-hybridized carbons (Fsp3) is 0.786. The molecule has 5 nitrogen and oxygen atoms in total. The van der Waals surface area contributed by atoms with Crippen LogP contribution in [0.1, 0.15) is 39.5 Å². The van der Waals surface area contributed by atoms with Crippen molar-refractivity contribution in [3.8, 4) is 0 Å². The number of rotatable bonds is 4. The van der Waals surface area contributed by atoms with Gasteiger partial charge in [-0.15, -0.1) is 5.10 Å². The lowest BCUT2D eigenvalue weighted by Crippen LogP contribution is -2.35. The second-order valence-corrected chi connectivity index (χ2v) is 7.81. The standard InChI is InChI=1S/C14H22N4OS2/c1-10-5-7-16(8-6-10)9-17-14(20)21-13(15-17)18(11(2)19)12-3-4-12/h10,12H,3-9H2,1-2H3. The second-order valence-electron chi connectivity index (χ2n) is 6.21. The van der Waals surface area contributed by atoms with Crippen molar-refractivity contribution in [3.05, 3.63) is 3.95 Å². The summed E-state index contributed by atoms with van der Waals surface area (Å²) in [6.07, 6.45) is 4.64. The number of aromatic nitrogens is 2. The third kappa shape index (κ3) is 3.52. The van der Waals surface area contributed by atoms with Gasteiger partial charge in [0.1, 0.15) is 0 Å². The quantitative estimate of drug-likeness (QED) is 0.798. The Balaban J connectivity index is 1.72. The van der Waals surface area contributed by atoms with Crippen LogP contribution in [-0.2, 0) is 11.5 Å². The van der Waals surface area contributed by atoms with E-state index in [1.807, 2.05) is 9.58 Å². The Morgan fingerprint density at radius 1 is 1.38 bits per heavy atom. The van der Waals surface area contributed by atoms with Gasteiger partial charge >= 0.3 is 0 Å². The van der Waals surface area contributed by atoms with Crippen molar-refractivity contribution >= 4 is 34.6 Å². The summed E-state index contributed by atoms with van der Waals surface area (Å²) >= 11 is 6.88. The Morgan fingerprint density at radius 2 is 2.05 bits per heavy atom. The van der Waals surface area contributed by atoms with Crippen molar-refractivity contribution in [2.75, 3.05) is 18.0 Å². The van der Waals surface area contributed by atoms with Crippen LogP contribution in [0.5, 0.6) is 0 Å². The highest BCUT2D eigenvalue weighted by Crippen LogP contribution is 2.33. The normalized spacial score (nSPS) is 20.7. The average molecular weight is 326 g/mol. The largest absolute Gasteiger partial charge is 0.284 e. The fourth-order valence-electron chi connectivity index (χ4n) is 2.76. The number of anilines is 1. The minimum atomic E-state index is 0.0696. The molecule has 1 aromatic rings. The molecule has 2 aliphatic rings. The second kappa shape index (κ2) is 6.14. The summed E-state index contributed by atoms with van der Waals surface area (Å²) in [7, 11) is 0. The molecule has 1 saturated carbocycles. The maximum atomic E-state index is 11.8. The Hall–Kier alpha value is -0.790. The molecular formula is C14H22N4OS2. The van der Waals surface area contributed by atoms with Gasteiger partial charge in [0.05, 0.1) is 6.67 Å². The van der Waals surface area contributed by atoms with Crippen molar-refractivity contribution in [3.63, 3.8) is 0 Å². The van der Waals surface area contributed by atoms with E-state index in [0.717, 1.165) is 47.6 Å². The molecule has 2 heterocycles. The van der Waals surface area contributed by atoms with Crippen LogP contribution < -0.4 is 4.90 Å². The van der Waals surface area contributed by atoms with Gasteiger partial charge in [-0.1, -0.05) is 18.3 Å². The number of carbonyl (C=O) groups is 1. The first-order valence-electron chi connectivity index (χ1n) is 7.64. The van der Waals surface area contributed by atoms with Crippen LogP contribution in [0.25, 0.3) is 0 Å². The van der Waals surface area contributed by atoms with Crippen molar-refractivity contribution < 1.29 is 4.79 Å². The van der Waals surface area contributed by atoms with Crippen LogP contribution in [0.4, 0.5) is 5.13 Å². The number of hydrogen-bond acceptors (Lipinski definition) is 5. The third-order valence-electron chi connectivity index (χ3n) is 4.26. The van der Waals surface area contributed by atoms with E-state index in [4.69, 9.17) is 12.2 Å². The molecule has 0 atom stereocenters. The molecule has 0 radical (unpaired) electrons. The smallest absolute Gasteiger partial charge is 0.225 e. The minimum absolute atomic E-state index is 0.0696. The topological polar surface area (TPSA) is 41.4 Å². The number of amides is 1. The van der Waals surface area contributed by atoms with Gasteiger partial charge in [0.15, 0.2) is 3.95 Å². The maximum Gasteiger partial charge on any atom is 0.225 e. The van der Waals surface area contributed by atoms with E-state index in [0.29, 0.717) is 6.04 Å². The van der Waals surface area contributed by atoms with Crippen LogP contribution in [0.2, 0.25) is 0 Å². The predicted octanol–water partition coefficient (Wildman–Crippen LogP) is 2.88. The van der Waals surface area contributed by atoms with Gasteiger partial charge in [0.25, 0.3) is 0 Å². The Labute approximate surface area is 134 Å². The lowest BCUT2D eigenvalue weighted by Gasteiger charge is -2.29. The SMILES string of the molecule is CC(=O)N(c1nn(CN2CCC(C)CC2)c(=S)s1)C1CC1. The van der Waals surface area contributed by atoms with Gasteiger partial charge in [0.2, 0.25) is 11.0 Å². The predicted molar refractivity (Wildman–Crippen MR) is 87.1 cm³/mol. The molecule has 1 aliphatic heterocycles. The Kier molecular flexibility index (Phi) is 4.42. The minimum Gasteiger partial charge on any atom is -0.284 e. The highest BCUT2D eigenvalue weighted by molar-refractivity contribution is 7.73. The molecular weight excluding hydrogens is 304 g/mol. The maximum absolute atomic E-state index is 11.8. The van der Waals surface area contributed by atoms with Gasteiger partial charge in [0, 0.05) is 26.1 Å². The zero-order valence-electron chi connectivity index (χ0n) is 12.6. The Morgan fingerprint density at radius 3 is 2.62 bits per heavy atom. The summed E-state index contributed by atoms with van der Waals surface area (Å²) in [6, 6.07) is 0.340.